The SMILES string of the molecule is CN1CCCC2CN(c3cccnc3/C(N)=N/O)CCC21. The second-order valence-corrected chi connectivity index (χ2v) is 6.04. The minimum Gasteiger partial charge on any atom is -0.409 e. The summed E-state index contributed by atoms with van der Waals surface area (Å²) in [4.78, 5) is 9.11. The van der Waals surface area contributed by atoms with Crippen LogP contribution in [0.1, 0.15) is 25.0 Å². The van der Waals surface area contributed by atoms with E-state index in [1.54, 1.807) is 6.20 Å². The molecule has 1 aromatic heterocycles. The number of likely N-dealkylation sites (tertiary alicyclic amines) is 1. The van der Waals surface area contributed by atoms with Crippen molar-refractivity contribution in [2.45, 2.75) is 25.3 Å². The minimum atomic E-state index is 0.0773. The first-order valence-electron chi connectivity index (χ1n) is 7.59. The van der Waals surface area contributed by atoms with Crippen LogP contribution >= 0.6 is 0 Å². The fourth-order valence-corrected chi connectivity index (χ4v) is 3.77. The molecule has 3 rings (SSSR count). The van der Waals surface area contributed by atoms with Crippen LogP contribution in [0.2, 0.25) is 0 Å². The molecule has 114 valence electrons. The number of amidine groups is 1. The number of hydrogen-bond donors (Lipinski definition) is 2. The maximum atomic E-state index is 8.93. The highest BCUT2D eigenvalue weighted by molar-refractivity contribution is 6.00. The van der Waals surface area contributed by atoms with Crippen molar-refractivity contribution in [3.05, 3.63) is 24.0 Å². The standard InChI is InChI=1S/C15H23N5O/c1-19-8-3-4-11-10-20(9-6-12(11)19)13-5-2-7-17-14(13)15(16)18-21/h2,5,7,11-12,21H,3-4,6,8-10H2,1H3,(H2,16,18). The first kappa shape index (κ1) is 14.1. The van der Waals surface area contributed by atoms with Gasteiger partial charge in [-0.15, -0.1) is 0 Å². The minimum absolute atomic E-state index is 0.0773. The maximum absolute atomic E-state index is 8.93. The second-order valence-electron chi connectivity index (χ2n) is 6.04. The van der Waals surface area contributed by atoms with Crippen molar-refractivity contribution in [2.24, 2.45) is 16.8 Å². The van der Waals surface area contributed by atoms with Gasteiger partial charge in [-0.2, -0.15) is 0 Å². The monoisotopic (exact) mass is 289 g/mol. The van der Waals surface area contributed by atoms with Crippen LogP contribution in [0.5, 0.6) is 0 Å². The Morgan fingerprint density at radius 2 is 2.29 bits per heavy atom. The van der Waals surface area contributed by atoms with E-state index in [1.807, 2.05) is 12.1 Å². The second kappa shape index (κ2) is 5.89. The molecular weight excluding hydrogens is 266 g/mol. The zero-order valence-corrected chi connectivity index (χ0v) is 12.4. The van der Waals surface area contributed by atoms with Gasteiger partial charge in [0.25, 0.3) is 0 Å². The number of piperidine rings is 2. The van der Waals surface area contributed by atoms with Crippen molar-refractivity contribution in [1.29, 1.82) is 0 Å². The highest BCUT2D eigenvalue weighted by Gasteiger charge is 2.35. The summed E-state index contributed by atoms with van der Waals surface area (Å²) in [6, 6.07) is 4.61. The molecule has 3 N–H and O–H groups in total. The molecule has 2 unspecified atom stereocenters. The van der Waals surface area contributed by atoms with Gasteiger partial charge in [-0.3, -0.25) is 4.98 Å². The first-order chi connectivity index (χ1) is 10.2. The fraction of sp³-hybridized carbons (Fsp3) is 0.600. The van der Waals surface area contributed by atoms with Gasteiger partial charge >= 0.3 is 0 Å². The number of hydrogen-bond acceptors (Lipinski definition) is 5. The Labute approximate surface area is 125 Å². The smallest absolute Gasteiger partial charge is 0.190 e. The van der Waals surface area contributed by atoms with E-state index in [4.69, 9.17) is 10.9 Å². The molecule has 3 heterocycles. The van der Waals surface area contributed by atoms with Crippen molar-refractivity contribution >= 4 is 11.5 Å². The summed E-state index contributed by atoms with van der Waals surface area (Å²) in [6.07, 6.45) is 5.39. The molecular formula is C15H23N5O. The van der Waals surface area contributed by atoms with E-state index in [2.05, 4.69) is 27.0 Å². The van der Waals surface area contributed by atoms with Gasteiger partial charge in [-0.1, -0.05) is 5.16 Å². The molecule has 2 saturated heterocycles. The lowest BCUT2D eigenvalue weighted by Crippen LogP contribution is -2.53. The van der Waals surface area contributed by atoms with Crippen molar-refractivity contribution in [1.82, 2.24) is 9.88 Å². The van der Waals surface area contributed by atoms with Crippen LogP contribution in [0.25, 0.3) is 0 Å². The molecule has 0 aliphatic carbocycles. The zero-order chi connectivity index (χ0) is 14.8. The number of oxime groups is 1. The Kier molecular flexibility index (Phi) is 3.96. The third kappa shape index (κ3) is 2.68. The predicted octanol–water partition coefficient (Wildman–Crippen LogP) is 1.10. The summed E-state index contributed by atoms with van der Waals surface area (Å²) in [7, 11) is 2.23. The van der Waals surface area contributed by atoms with E-state index in [0.717, 1.165) is 25.2 Å². The van der Waals surface area contributed by atoms with Gasteiger partial charge in [0.05, 0.1) is 5.69 Å². The van der Waals surface area contributed by atoms with Crippen LogP contribution in [0.4, 0.5) is 5.69 Å². The molecule has 2 aliphatic heterocycles. The van der Waals surface area contributed by atoms with Gasteiger partial charge in [0.2, 0.25) is 0 Å². The topological polar surface area (TPSA) is 78.0 Å². The molecule has 2 fully saturated rings. The number of pyridine rings is 1. The Hall–Kier alpha value is -1.82. The quantitative estimate of drug-likeness (QED) is 0.369. The van der Waals surface area contributed by atoms with E-state index < -0.39 is 0 Å². The van der Waals surface area contributed by atoms with Crippen LogP contribution in [0.15, 0.2) is 23.5 Å². The molecule has 0 aromatic carbocycles. The Balaban J connectivity index is 1.83. The van der Waals surface area contributed by atoms with E-state index >= 15 is 0 Å². The van der Waals surface area contributed by atoms with E-state index in [9.17, 15) is 0 Å². The molecule has 6 nitrogen and oxygen atoms in total. The lowest BCUT2D eigenvalue weighted by atomic mass is 9.84. The van der Waals surface area contributed by atoms with Gasteiger partial charge in [0.1, 0.15) is 5.69 Å². The zero-order valence-electron chi connectivity index (χ0n) is 12.4. The van der Waals surface area contributed by atoms with E-state index in [1.165, 1.54) is 19.4 Å². The Bertz CT molecular complexity index is 533. The molecule has 0 amide bonds. The summed E-state index contributed by atoms with van der Waals surface area (Å²) in [5, 5.41) is 12.0. The fourth-order valence-electron chi connectivity index (χ4n) is 3.77. The van der Waals surface area contributed by atoms with Crippen LogP contribution in [-0.4, -0.2) is 53.7 Å². The van der Waals surface area contributed by atoms with Gasteiger partial charge in [0.15, 0.2) is 5.84 Å². The number of aromatic nitrogens is 1. The van der Waals surface area contributed by atoms with Gasteiger partial charge in [0, 0.05) is 25.3 Å². The van der Waals surface area contributed by atoms with Crippen molar-refractivity contribution in [3.8, 4) is 0 Å². The summed E-state index contributed by atoms with van der Waals surface area (Å²) in [5.74, 6) is 0.770. The highest BCUT2D eigenvalue weighted by Crippen LogP contribution is 2.32. The van der Waals surface area contributed by atoms with Crippen LogP contribution in [0, 0.1) is 5.92 Å². The normalized spacial score (nSPS) is 27.5. The lowest BCUT2D eigenvalue weighted by Gasteiger charge is -2.46. The molecule has 0 spiro atoms. The molecule has 6 heteroatoms. The van der Waals surface area contributed by atoms with Gasteiger partial charge in [-0.25, -0.2) is 0 Å². The molecule has 1 aromatic rings. The third-order valence-electron chi connectivity index (χ3n) is 4.82. The molecule has 21 heavy (non-hydrogen) atoms. The van der Waals surface area contributed by atoms with E-state index in [0.29, 0.717) is 17.7 Å². The van der Waals surface area contributed by atoms with Crippen molar-refractivity contribution in [3.63, 3.8) is 0 Å². The summed E-state index contributed by atoms with van der Waals surface area (Å²) < 4.78 is 0. The summed E-state index contributed by atoms with van der Waals surface area (Å²) in [6.45, 7) is 3.22. The maximum Gasteiger partial charge on any atom is 0.190 e. The number of rotatable bonds is 2. The van der Waals surface area contributed by atoms with Crippen molar-refractivity contribution < 1.29 is 5.21 Å². The molecule has 0 radical (unpaired) electrons. The van der Waals surface area contributed by atoms with Gasteiger partial charge in [-0.05, 0) is 50.9 Å². The number of anilines is 1. The highest BCUT2D eigenvalue weighted by atomic mass is 16.4. The summed E-state index contributed by atoms with van der Waals surface area (Å²) in [5.41, 5.74) is 7.30. The first-order valence-corrected chi connectivity index (χ1v) is 7.59. The molecule has 0 bridgehead atoms. The number of nitrogens with two attached hydrogens (primary N) is 1. The largest absolute Gasteiger partial charge is 0.409 e. The van der Waals surface area contributed by atoms with Crippen LogP contribution in [-0.2, 0) is 0 Å². The lowest BCUT2D eigenvalue weighted by molar-refractivity contribution is 0.102. The predicted molar refractivity (Wildman–Crippen MR) is 82.7 cm³/mol. The van der Waals surface area contributed by atoms with E-state index in [-0.39, 0.29) is 5.84 Å². The van der Waals surface area contributed by atoms with Gasteiger partial charge < -0.3 is 20.7 Å². The molecule has 2 aliphatic rings. The number of nitrogens with zero attached hydrogens (tertiary/aromatic N) is 4. The average molecular weight is 289 g/mol. The number of fused-ring (bicyclic) bond motifs is 1. The van der Waals surface area contributed by atoms with Crippen LogP contribution < -0.4 is 10.6 Å². The van der Waals surface area contributed by atoms with Crippen molar-refractivity contribution in [2.75, 3.05) is 31.6 Å². The van der Waals surface area contributed by atoms with Crippen LogP contribution in [0.3, 0.4) is 0 Å². The Morgan fingerprint density at radius 1 is 1.43 bits per heavy atom. The average Bonchev–Trinajstić information content (AvgIpc) is 2.54. The Morgan fingerprint density at radius 3 is 3.10 bits per heavy atom. The molecule has 2 atom stereocenters. The molecule has 0 saturated carbocycles. The summed E-state index contributed by atoms with van der Waals surface area (Å²) >= 11 is 0. The third-order valence-corrected chi connectivity index (χ3v) is 4.82.